The zero-order valence-corrected chi connectivity index (χ0v) is 27.7. The van der Waals surface area contributed by atoms with Crippen molar-refractivity contribution in [3.63, 3.8) is 0 Å². The van der Waals surface area contributed by atoms with Crippen molar-refractivity contribution < 1.29 is 24.2 Å². The monoisotopic (exact) mass is 641 g/mol. The van der Waals surface area contributed by atoms with Gasteiger partial charge in [-0.05, 0) is 112 Å². The van der Waals surface area contributed by atoms with E-state index < -0.39 is 6.09 Å². The van der Waals surface area contributed by atoms with Crippen LogP contribution < -0.4 is 15.0 Å². The van der Waals surface area contributed by atoms with Gasteiger partial charge in [-0.25, -0.2) is 4.79 Å². The number of hydrogen-bond acceptors (Lipinski definition) is 7. The molecule has 1 aromatic heterocycles. The number of anilines is 1. The number of aromatic nitrogens is 2. The number of nitriles is 1. The number of amides is 2. The summed E-state index contributed by atoms with van der Waals surface area (Å²) in [6.45, 7) is 4.86. The second kappa shape index (κ2) is 16.0. The molecule has 2 aromatic carbocycles. The molecule has 0 atom stereocenters. The van der Waals surface area contributed by atoms with Crippen LogP contribution in [0.25, 0.3) is 11.1 Å². The van der Waals surface area contributed by atoms with Gasteiger partial charge in [-0.2, -0.15) is 10.4 Å². The molecule has 2 aliphatic carbocycles. The average molecular weight is 642 g/mol. The van der Waals surface area contributed by atoms with Crippen molar-refractivity contribution in [3.8, 4) is 22.9 Å². The number of carbonyl (C=O) groups excluding carboxylic acids is 2. The first-order valence-electron chi connectivity index (χ1n) is 16.9. The van der Waals surface area contributed by atoms with Crippen LogP contribution in [0.4, 0.5) is 10.5 Å². The SMILES string of the molecule is COc1ccc([C@H]2CC[C@H](CN(c3cccc(-c4cnn(C(C)C)c4)c3)C(=O)[C@H]3CC[C@H](OC(=O)NCCO)CC3)CC2)cc1C#N. The first-order valence-corrected chi connectivity index (χ1v) is 16.9. The minimum atomic E-state index is -0.526. The smallest absolute Gasteiger partial charge is 0.407 e. The second-order valence-electron chi connectivity index (χ2n) is 13.1. The number of aliphatic hydroxyl groups excluding tert-OH is 1. The molecule has 5 rings (SSSR count). The van der Waals surface area contributed by atoms with Gasteiger partial charge in [-0.3, -0.25) is 9.48 Å². The number of hydrogen-bond donors (Lipinski definition) is 2. The predicted molar refractivity (Wildman–Crippen MR) is 180 cm³/mol. The summed E-state index contributed by atoms with van der Waals surface area (Å²) < 4.78 is 12.8. The Morgan fingerprint density at radius 2 is 1.83 bits per heavy atom. The second-order valence-corrected chi connectivity index (χ2v) is 13.1. The third kappa shape index (κ3) is 8.52. The Morgan fingerprint density at radius 1 is 1.06 bits per heavy atom. The zero-order valence-electron chi connectivity index (χ0n) is 27.7. The maximum absolute atomic E-state index is 14.3. The number of aliphatic hydroxyl groups is 1. The summed E-state index contributed by atoms with van der Waals surface area (Å²) in [6.07, 6.45) is 9.71. The first kappa shape index (κ1) is 34.0. The molecular weight excluding hydrogens is 594 g/mol. The molecule has 10 heteroatoms. The summed E-state index contributed by atoms with van der Waals surface area (Å²) in [4.78, 5) is 28.3. The summed E-state index contributed by atoms with van der Waals surface area (Å²) in [5, 5.41) is 25.6. The van der Waals surface area contributed by atoms with Crippen LogP contribution in [-0.2, 0) is 9.53 Å². The Kier molecular flexibility index (Phi) is 11.5. The third-order valence-corrected chi connectivity index (χ3v) is 9.67. The number of nitrogens with zero attached hydrogens (tertiary/aromatic N) is 4. The van der Waals surface area contributed by atoms with Crippen molar-refractivity contribution in [2.45, 2.75) is 83.3 Å². The minimum Gasteiger partial charge on any atom is -0.495 e. The number of methoxy groups -OCH3 is 1. The fraction of sp³-hybridized carbons (Fsp3) is 0.514. The molecule has 47 heavy (non-hydrogen) atoms. The fourth-order valence-corrected chi connectivity index (χ4v) is 6.95. The highest BCUT2D eigenvalue weighted by Gasteiger charge is 2.34. The molecule has 0 aliphatic heterocycles. The summed E-state index contributed by atoms with van der Waals surface area (Å²) in [7, 11) is 1.58. The zero-order chi connectivity index (χ0) is 33.3. The van der Waals surface area contributed by atoms with Gasteiger partial charge in [0.1, 0.15) is 17.9 Å². The van der Waals surface area contributed by atoms with Crippen molar-refractivity contribution in [1.29, 1.82) is 5.26 Å². The Hall–Kier alpha value is -4.36. The molecule has 0 unspecified atom stereocenters. The summed E-state index contributed by atoms with van der Waals surface area (Å²) in [5.41, 5.74) is 4.67. The Morgan fingerprint density at radius 3 is 2.49 bits per heavy atom. The van der Waals surface area contributed by atoms with Crippen LogP contribution in [0, 0.1) is 23.2 Å². The average Bonchev–Trinajstić information content (AvgIpc) is 3.61. The normalized spacial score (nSPS) is 21.1. The van der Waals surface area contributed by atoms with Crippen molar-refractivity contribution in [2.75, 3.05) is 31.7 Å². The maximum Gasteiger partial charge on any atom is 0.407 e. The van der Waals surface area contributed by atoms with E-state index in [1.807, 2.05) is 46.2 Å². The molecular formula is C37H47N5O5. The molecule has 10 nitrogen and oxygen atoms in total. The van der Waals surface area contributed by atoms with E-state index in [1.165, 1.54) is 5.56 Å². The number of carbonyl (C=O) groups is 2. The van der Waals surface area contributed by atoms with Gasteiger partial charge in [0.25, 0.3) is 0 Å². The van der Waals surface area contributed by atoms with Gasteiger partial charge in [-0.15, -0.1) is 0 Å². The number of rotatable bonds is 11. The quantitative estimate of drug-likeness (QED) is 0.241. The lowest BCUT2D eigenvalue weighted by Crippen LogP contribution is -2.42. The van der Waals surface area contributed by atoms with E-state index in [0.29, 0.717) is 55.4 Å². The Labute approximate surface area is 277 Å². The lowest BCUT2D eigenvalue weighted by Gasteiger charge is -2.36. The van der Waals surface area contributed by atoms with Gasteiger partial charge in [0.2, 0.25) is 5.91 Å². The summed E-state index contributed by atoms with van der Waals surface area (Å²) in [6, 6.07) is 16.6. The van der Waals surface area contributed by atoms with E-state index >= 15 is 0 Å². The van der Waals surface area contributed by atoms with Crippen molar-refractivity contribution in [1.82, 2.24) is 15.1 Å². The molecule has 2 aliphatic rings. The van der Waals surface area contributed by atoms with E-state index in [2.05, 4.69) is 48.5 Å². The highest BCUT2D eigenvalue weighted by atomic mass is 16.6. The van der Waals surface area contributed by atoms with Crippen molar-refractivity contribution >= 4 is 17.7 Å². The van der Waals surface area contributed by atoms with Crippen LogP contribution in [-0.4, -0.2) is 59.8 Å². The third-order valence-electron chi connectivity index (χ3n) is 9.67. The molecule has 0 saturated heterocycles. The number of alkyl carbamates (subject to hydrolysis) is 1. The van der Waals surface area contributed by atoms with Crippen LogP contribution >= 0.6 is 0 Å². The molecule has 2 N–H and O–H groups in total. The van der Waals surface area contributed by atoms with Gasteiger partial charge < -0.3 is 24.8 Å². The lowest BCUT2D eigenvalue weighted by atomic mass is 9.78. The number of nitrogens with one attached hydrogen (secondary N) is 1. The van der Waals surface area contributed by atoms with E-state index in [1.54, 1.807) is 7.11 Å². The molecule has 2 amide bonds. The van der Waals surface area contributed by atoms with Crippen molar-refractivity contribution in [3.05, 3.63) is 66.0 Å². The number of ether oxygens (including phenoxy) is 2. The van der Waals surface area contributed by atoms with Gasteiger partial charge in [-0.1, -0.05) is 18.2 Å². The van der Waals surface area contributed by atoms with Crippen LogP contribution in [0.5, 0.6) is 5.75 Å². The summed E-state index contributed by atoms with van der Waals surface area (Å²) >= 11 is 0. The molecule has 1 heterocycles. The standard InChI is InChI=1S/C37H47N5O5/c1-25(2)42-24-32(22-40-42)29-5-4-6-33(20-29)41(36(44)28-11-14-34(15-12-28)47-37(45)39-17-18-43)23-26-7-9-27(10-8-26)30-13-16-35(46-3)31(19-30)21-38/h4-6,13,16,19-20,22,24-28,34,43H,7-12,14-15,17-18,23H2,1-3H3,(H,39,45)/t26-,27-,28-,34-. The van der Waals surface area contributed by atoms with Crippen LogP contribution in [0.3, 0.4) is 0 Å². The highest BCUT2D eigenvalue weighted by molar-refractivity contribution is 5.95. The predicted octanol–water partition coefficient (Wildman–Crippen LogP) is 6.60. The molecule has 2 fully saturated rings. The Balaban J connectivity index is 1.30. The van der Waals surface area contributed by atoms with Crippen LogP contribution in [0.15, 0.2) is 54.9 Å². The van der Waals surface area contributed by atoms with Crippen LogP contribution in [0.2, 0.25) is 0 Å². The lowest BCUT2D eigenvalue weighted by molar-refractivity contribution is -0.124. The molecule has 3 aromatic rings. The van der Waals surface area contributed by atoms with Gasteiger partial charge in [0.05, 0.1) is 25.5 Å². The Bertz CT molecular complexity index is 1550. The van der Waals surface area contributed by atoms with E-state index in [4.69, 9.17) is 14.6 Å². The molecule has 250 valence electrons. The molecule has 0 bridgehead atoms. The maximum atomic E-state index is 14.3. The number of benzene rings is 2. The fourth-order valence-electron chi connectivity index (χ4n) is 6.95. The highest BCUT2D eigenvalue weighted by Crippen LogP contribution is 2.39. The molecule has 0 spiro atoms. The van der Waals surface area contributed by atoms with Crippen molar-refractivity contribution in [2.24, 2.45) is 11.8 Å². The van der Waals surface area contributed by atoms with Gasteiger partial charge in [0, 0.05) is 42.5 Å². The van der Waals surface area contributed by atoms with E-state index in [0.717, 1.165) is 42.5 Å². The summed E-state index contributed by atoms with van der Waals surface area (Å²) in [5.74, 6) is 1.30. The van der Waals surface area contributed by atoms with Gasteiger partial charge >= 0.3 is 6.09 Å². The van der Waals surface area contributed by atoms with E-state index in [9.17, 15) is 14.9 Å². The molecule has 2 saturated carbocycles. The topological polar surface area (TPSA) is 130 Å². The first-order chi connectivity index (χ1) is 22.8. The van der Waals surface area contributed by atoms with Gasteiger partial charge in [0.15, 0.2) is 0 Å². The van der Waals surface area contributed by atoms with Crippen LogP contribution in [0.1, 0.15) is 88.3 Å². The molecule has 0 radical (unpaired) electrons. The van der Waals surface area contributed by atoms with E-state index in [-0.39, 0.29) is 37.1 Å². The largest absolute Gasteiger partial charge is 0.495 e. The minimum absolute atomic E-state index is 0.124.